The van der Waals surface area contributed by atoms with Crippen LogP contribution in [0.25, 0.3) is 0 Å². The van der Waals surface area contributed by atoms with E-state index in [1.165, 1.54) is 0 Å². The van der Waals surface area contributed by atoms with E-state index in [4.69, 9.17) is 15.3 Å². The number of hydrogen-bond acceptors (Lipinski definition) is 5. The summed E-state index contributed by atoms with van der Waals surface area (Å²) in [7, 11) is 0. The van der Waals surface area contributed by atoms with E-state index in [0.29, 0.717) is 25.5 Å². The van der Waals surface area contributed by atoms with Crippen molar-refractivity contribution in [1.82, 2.24) is 10.4 Å². The van der Waals surface area contributed by atoms with Crippen molar-refractivity contribution in [1.29, 1.82) is 0 Å². The SMILES string of the molecule is CCOCC(C)OCc1cccc(C(=O)NN)n1. The maximum absolute atomic E-state index is 11.3. The number of rotatable bonds is 7. The molecule has 18 heavy (non-hydrogen) atoms. The van der Waals surface area contributed by atoms with Crippen molar-refractivity contribution in [2.45, 2.75) is 26.6 Å². The molecule has 0 saturated heterocycles. The van der Waals surface area contributed by atoms with Crippen LogP contribution in [0.15, 0.2) is 18.2 Å². The first-order chi connectivity index (χ1) is 8.67. The Kier molecular flexibility index (Phi) is 6.27. The highest BCUT2D eigenvalue weighted by Gasteiger charge is 2.07. The molecule has 1 aromatic rings. The Labute approximate surface area is 106 Å². The predicted molar refractivity (Wildman–Crippen MR) is 66.6 cm³/mol. The Morgan fingerprint density at radius 2 is 2.33 bits per heavy atom. The lowest BCUT2D eigenvalue weighted by Gasteiger charge is -2.12. The van der Waals surface area contributed by atoms with Gasteiger partial charge in [0.15, 0.2) is 0 Å². The van der Waals surface area contributed by atoms with Crippen LogP contribution in [0.1, 0.15) is 30.0 Å². The largest absolute Gasteiger partial charge is 0.379 e. The van der Waals surface area contributed by atoms with Gasteiger partial charge in [0.2, 0.25) is 0 Å². The van der Waals surface area contributed by atoms with Crippen LogP contribution in [0.5, 0.6) is 0 Å². The number of aromatic nitrogens is 1. The number of nitrogens with one attached hydrogen (secondary N) is 1. The normalized spacial score (nSPS) is 12.2. The molecule has 1 heterocycles. The third-order valence-electron chi connectivity index (χ3n) is 2.24. The number of hydrogen-bond donors (Lipinski definition) is 2. The van der Waals surface area contributed by atoms with Crippen molar-refractivity contribution in [3.63, 3.8) is 0 Å². The zero-order valence-electron chi connectivity index (χ0n) is 10.7. The van der Waals surface area contributed by atoms with Gasteiger partial charge in [-0.3, -0.25) is 10.2 Å². The lowest BCUT2D eigenvalue weighted by Crippen LogP contribution is -2.30. The Bertz CT molecular complexity index is 385. The third kappa shape index (κ3) is 4.79. The van der Waals surface area contributed by atoms with Crippen LogP contribution in [-0.4, -0.2) is 30.2 Å². The highest BCUT2D eigenvalue weighted by atomic mass is 16.5. The smallest absolute Gasteiger partial charge is 0.283 e. The van der Waals surface area contributed by atoms with Gasteiger partial charge in [-0.25, -0.2) is 10.8 Å². The third-order valence-corrected chi connectivity index (χ3v) is 2.24. The summed E-state index contributed by atoms with van der Waals surface area (Å²) < 4.78 is 10.8. The van der Waals surface area contributed by atoms with Crippen molar-refractivity contribution in [2.75, 3.05) is 13.2 Å². The fraction of sp³-hybridized carbons (Fsp3) is 0.500. The number of carbonyl (C=O) groups excluding carboxylic acids is 1. The standard InChI is InChI=1S/C12H19N3O3/c1-3-17-7-9(2)18-8-10-5-4-6-11(14-10)12(16)15-13/h4-6,9H,3,7-8,13H2,1-2H3,(H,15,16). The van der Waals surface area contributed by atoms with Gasteiger partial charge in [0.05, 0.1) is 25.0 Å². The number of carbonyl (C=O) groups is 1. The van der Waals surface area contributed by atoms with Gasteiger partial charge < -0.3 is 9.47 Å². The average molecular weight is 253 g/mol. The molecule has 0 aliphatic heterocycles. The Balaban J connectivity index is 2.49. The van der Waals surface area contributed by atoms with Crippen LogP contribution >= 0.6 is 0 Å². The fourth-order valence-corrected chi connectivity index (χ4v) is 1.32. The summed E-state index contributed by atoms with van der Waals surface area (Å²) in [5.41, 5.74) is 2.99. The van der Waals surface area contributed by atoms with Crippen LogP contribution < -0.4 is 11.3 Å². The minimum absolute atomic E-state index is 0.0151. The Hall–Kier alpha value is -1.50. The molecule has 0 saturated carbocycles. The highest BCUT2D eigenvalue weighted by Crippen LogP contribution is 2.03. The molecule has 0 bridgehead atoms. The molecule has 1 atom stereocenters. The molecule has 0 radical (unpaired) electrons. The first kappa shape index (κ1) is 14.6. The number of hydrazine groups is 1. The molecule has 0 spiro atoms. The second kappa shape index (κ2) is 7.75. The monoisotopic (exact) mass is 253 g/mol. The first-order valence-electron chi connectivity index (χ1n) is 5.83. The number of nitrogens with zero attached hydrogens (tertiary/aromatic N) is 1. The van der Waals surface area contributed by atoms with E-state index in [0.717, 1.165) is 0 Å². The van der Waals surface area contributed by atoms with Gasteiger partial charge in [0.1, 0.15) is 5.69 Å². The summed E-state index contributed by atoms with van der Waals surface area (Å²) in [4.78, 5) is 15.4. The van der Waals surface area contributed by atoms with E-state index in [-0.39, 0.29) is 11.8 Å². The summed E-state index contributed by atoms with van der Waals surface area (Å²) in [6.07, 6.45) is -0.0151. The lowest BCUT2D eigenvalue weighted by molar-refractivity contribution is -0.0127. The van der Waals surface area contributed by atoms with Crippen molar-refractivity contribution in [3.8, 4) is 0 Å². The molecule has 3 N–H and O–H groups in total. The second-order valence-electron chi connectivity index (χ2n) is 3.77. The average Bonchev–Trinajstić information content (AvgIpc) is 2.42. The molecule has 1 rings (SSSR count). The maximum atomic E-state index is 11.3. The zero-order valence-corrected chi connectivity index (χ0v) is 10.7. The topological polar surface area (TPSA) is 86.5 Å². The number of ether oxygens (including phenoxy) is 2. The molecule has 1 amide bonds. The second-order valence-corrected chi connectivity index (χ2v) is 3.77. The molecule has 0 aliphatic rings. The van der Waals surface area contributed by atoms with Crippen LogP contribution in [0, 0.1) is 0 Å². The van der Waals surface area contributed by atoms with Crippen molar-refractivity contribution in [3.05, 3.63) is 29.6 Å². The molecule has 0 fully saturated rings. The van der Waals surface area contributed by atoms with Gasteiger partial charge in [-0.1, -0.05) is 6.07 Å². The van der Waals surface area contributed by atoms with Crippen molar-refractivity contribution in [2.24, 2.45) is 5.84 Å². The molecular formula is C12H19N3O3. The number of pyridine rings is 1. The highest BCUT2D eigenvalue weighted by molar-refractivity contribution is 5.91. The van der Waals surface area contributed by atoms with E-state index in [1.807, 2.05) is 19.3 Å². The molecular weight excluding hydrogens is 234 g/mol. The quantitative estimate of drug-likeness (QED) is 0.423. The van der Waals surface area contributed by atoms with Crippen LogP contribution in [0.4, 0.5) is 0 Å². The first-order valence-corrected chi connectivity index (χ1v) is 5.83. The summed E-state index contributed by atoms with van der Waals surface area (Å²) >= 11 is 0. The van der Waals surface area contributed by atoms with E-state index in [1.54, 1.807) is 18.2 Å². The molecule has 6 nitrogen and oxygen atoms in total. The summed E-state index contributed by atoms with van der Waals surface area (Å²) in [5.74, 6) is 4.63. The van der Waals surface area contributed by atoms with Crippen LogP contribution in [0.2, 0.25) is 0 Å². The van der Waals surface area contributed by atoms with E-state index in [2.05, 4.69) is 4.98 Å². The zero-order chi connectivity index (χ0) is 13.4. The van der Waals surface area contributed by atoms with Crippen LogP contribution in [-0.2, 0) is 16.1 Å². The molecule has 0 aliphatic carbocycles. The predicted octanol–water partition coefficient (Wildman–Crippen LogP) is 0.627. The minimum Gasteiger partial charge on any atom is -0.379 e. The summed E-state index contributed by atoms with van der Waals surface area (Å²) in [6.45, 7) is 5.40. The molecule has 0 aromatic carbocycles. The fourth-order valence-electron chi connectivity index (χ4n) is 1.32. The molecule has 1 unspecified atom stereocenters. The Morgan fingerprint density at radius 3 is 3.00 bits per heavy atom. The van der Waals surface area contributed by atoms with Crippen LogP contribution in [0.3, 0.4) is 0 Å². The van der Waals surface area contributed by atoms with E-state index >= 15 is 0 Å². The van der Waals surface area contributed by atoms with Gasteiger partial charge in [0, 0.05) is 6.61 Å². The summed E-state index contributed by atoms with van der Waals surface area (Å²) in [5, 5.41) is 0. The van der Waals surface area contributed by atoms with Crippen molar-refractivity contribution < 1.29 is 14.3 Å². The van der Waals surface area contributed by atoms with E-state index < -0.39 is 5.91 Å². The van der Waals surface area contributed by atoms with Gasteiger partial charge >= 0.3 is 0 Å². The lowest BCUT2D eigenvalue weighted by atomic mass is 10.3. The summed E-state index contributed by atoms with van der Waals surface area (Å²) in [6, 6.07) is 5.12. The van der Waals surface area contributed by atoms with E-state index in [9.17, 15) is 4.79 Å². The number of nitrogen functional groups attached to an aromatic ring is 1. The Morgan fingerprint density at radius 1 is 1.56 bits per heavy atom. The molecule has 6 heteroatoms. The maximum Gasteiger partial charge on any atom is 0.283 e. The van der Waals surface area contributed by atoms with Gasteiger partial charge in [-0.05, 0) is 26.0 Å². The molecule has 1 aromatic heterocycles. The minimum atomic E-state index is -0.417. The van der Waals surface area contributed by atoms with Gasteiger partial charge in [-0.2, -0.15) is 0 Å². The van der Waals surface area contributed by atoms with Crippen molar-refractivity contribution >= 4 is 5.91 Å². The number of nitrogens with two attached hydrogens (primary N) is 1. The number of amides is 1. The molecule has 100 valence electrons. The van der Waals surface area contributed by atoms with Gasteiger partial charge in [-0.15, -0.1) is 0 Å². The van der Waals surface area contributed by atoms with Gasteiger partial charge in [0.25, 0.3) is 5.91 Å².